The van der Waals surface area contributed by atoms with Crippen LogP contribution in [0.4, 0.5) is 5.69 Å². The number of hydrogen-bond donors (Lipinski definition) is 1. The molecule has 1 aromatic carbocycles. The highest BCUT2D eigenvalue weighted by molar-refractivity contribution is 7.13. The van der Waals surface area contributed by atoms with E-state index in [0.717, 1.165) is 4.88 Å². The Bertz CT molecular complexity index is 845. The number of nitrogens with zero attached hydrogens (tertiary/aromatic N) is 2. The second-order valence-corrected chi connectivity index (χ2v) is 6.05. The van der Waals surface area contributed by atoms with Gasteiger partial charge < -0.3 is 19.3 Å². The third-order valence-corrected chi connectivity index (χ3v) is 4.32. The number of rotatable bonds is 7. The minimum atomic E-state index is -0.178. The van der Waals surface area contributed by atoms with Gasteiger partial charge in [0.25, 0.3) is 0 Å². The largest absolute Gasteiger partial charge is 0.497 e. The summed E-state index contributed by atoms with van der Waals surface area (Å²) in [5, 5.41) is 8.68. The van der Waals surface area contributed by atoms with E-state index in [-0.39, 0.29) is 12.3 Å². The van der Waals surface area contributed by atoms with Gasteiger partial charge in [0.05, 0.1) is 24.8 Å². The van der Waals surface area contributed by atoms with Crippen LogP contribution < -0.4 is 14.8 Å². The molecule has 2 aromatic heterocycles. The van der Waals surface area contributed by atoms with Crippen LogP contribution in [-0.2, 0) is 11.2 Å². The highest BCUT2D eigenvalue weighted by Gasteiger charge is 2.13. The van der Waals surface area contributed by atoms with Crippen LogP contribution >= 0.6 is 11.3 Å². The molecule has 0 aliphatic rings. The van der Waals surface area contributed by atoms with E-state index in [2.05, 4.69) is 15.5 Å². The van der Waals surface area contributed by atoms with Crippen LogP contribution in [0.5, 0.6) is 11.5 Å². The average Bonchev–Trinajstić information content (AvgIpc) is 3.31. The van der Waals surface area contributed by atoms with Crippen LogP contribution in [-0.4, -0.2) is 30.3 Å². The van der Waals surface area contributed by atoms with E-state index in [1.165, 1.54) is 11.3 Å². The lowest BCUT2D eigenvalue weighted by atomic mass is 10.2. The van der Waals surface area contributed by atoms with Crippen LogP contribution in [0.2, 0.25) is 0 Å². The Kier molecular flexibility index (Phi) is 5.30. The van der Waals surface area contributed by atoms with Gasteiger partial charge in [-0.3, -0.25) is 4.79 Å². The molecular formula is C17H17N3O4S. The number of anilines is 1. The van der Waals surface area contributed by atoms with E-state index in [4.69, 9.17) is 14.0 Å². The van der Waals surface area contributed by atoms with Gasteiger partial charge >= 0.3 is 0 Å². The summed E-state index contributed by atoms with van der Waals surface area (Å²) in [5.41, 5.74) is 0.552. The highest BCUT2D eigenvalue weighted by Crippen LogP contribution is 2.29. The highest BCUT2D eigenvalue weighted by atomic mass is 32.1. The van der Waals surface area contributed by atoms with E-state index in [1.54, 1.807) is 32.4 Å². The first-order chi connectivity index (χ1) is 12.2. The summed E-state index contributed by atoms with van der Waals surface area (Å²) in [7, 11) is 3.11. The average molecular weight is 359 g/mol. The first kappa shape index (κ1) is 17.0. The summed E-state index contributed by atoms with van der Waals surface area (Å²) in [6, 6.07) is 9.04. The molecule has 0 spiro atoms. The van der Waals surface area contributed by atoms with E-state index < -0.39 is 0 Å². The van der Waals surface area contributed by atoms with Gasteiger partial charge in [-0.1, -0.05) is 11.2 Å². The molecule has 3 rings (SSSR count). The molecular weight excluding hydrogens is 342 g/mol. The molecule has 7 nitrogen and oxygen atoms in total. The minimum Gasteiger partial charge on any atom is -0.497 e. The molecule has 0 radical (unpaired) electrons. The molecule has 0 atom stereocenters. The van der Waals surface area contributed by atoms with Crippen molar-refractivity contribution in [3.05, 3.63) is 41.6 Å². The van der Waals surface area contributed by atoms with Gasteiger partial charge in [-0.05, 0) is 23.6 Å². The lowest BCUT2D eigenvalue weighted by Crippen LogP contribution is -2.13. The van der Waals surface area contributed by atoms with Crippen LogP contribution in [0, 0.1) is 0 Å². The maximum Gasteiger partial charge on any atom is 0.227 e. The van der Waals surface area contributed by atoms with Crippen LogP contribution in [0.15, 0.2) is 40.2 Å². The summed E-state index contributed by atoms with van der Waals surface area (Å²) in [4.78, 5) is 17.4. The van der Waals surface area contributed by atoms with Gasteiger partial charge in [-0.15, -0.1) is 11.3 Å². The molecule has 0 aliphatic carbocycles. The lowest BCUT2D eigenvalue weighted by molar-refractivity contribution is -0.116. The Hall–Kier alpha value is -2.87. The number of benzene rings is 1. The van der Waals surface area contributed by atoms with Crippen molar-refractivity contribution >= 4 is 22.9 Å². The van der Waals surface area contributed by atoms with Gasteiger partial charge in [0.1, 0.15) is 11.5 Å². The summed E-state index contributed by atoms with van der Waals surface area (Å²) < 4.78 is 15.6. The van der Waals surface area contributed by atoms with Crippen molar-refractivity contribution in [1.82, 2.24) is 10.1 Å². The number of aromatic nitrogens is 2. The summed E-state index contributed by atoms with van der Waals surface area (Å²) in [6.07, 6.45) is 0.572. The molecule has 1 amide bonds. The lowest BCUT2D eigenvalue weighted by Gasteiger charge is -2.11. The standard InChI is InChI=1S/C17H17N3O4S/c1-22-11-5-6-13(23-2)12(10-11)18-15(21)7-8-16-19-17(20-24-16)14-4-3-9-25-14/h3-6,9-10H,7-8H2,1-2H3,(H,18,21). The molecule has 2 heterocycles. The van der Waals surface area contributed by atoms with Crippen molar-refractivity contribution in [3.63, 3.8) is 0 Å². The monoisotopic (exact) mass is 359 g/mol. The maximum atomic E-state index is 12.2. The van der Waals surface area contributed by atoms with E-state index in [1.807, 2.05) is 17.5 Å². The predicted molar refractivity (Wildman–Crippen MR) is 94.1 cm³/mol. The summed E-state index contributed by atoms with van der Waals surface area (Å²) in [5.74, 6) is 1.99. The normalized spacial score (nSPS) is 10.5. The predicted octanol–water partition coefficient (Wildman–Crippen LogP) is 3.39. The zero-order valence-corrected chi connectivity index (χ0v) is 14.6. The van der Waals surface area contributed by atoms with Crippen molar-refractivity contribution in [2.24, 2.45) is 0 Å². The quantitative estimate of drug-likeness (QED) is 0.696. The second kappa shape index (κ2) is 7.80. The molecule has 8 heteroatoms. The van der Waals surface area contributed by atoms with Crippen molar-refractivity contribution in [2.75, 3.05) is 19.5 Å². The number of carbonyl (C=O) groups excluding carboxylic acids is 1. The fourth-order valence-electron chi connectivity index (χ4n) is 2.21. The van der Waals surface area contributed by atoms with Crippen LogP contribution in [0.1, 0.15) is 12.3 Å². The van der Waals surface area contributed by atoms with E-state index >= 15 is 0 Å². The number of hydrogen-bond acceptors (Lipinski definition) is 7. The van der Waals surface area contributed by atoms with Crippen LogP contribution in [0.25, 0.3) is 10.7 Å². The van der Waals surface area contributed by atoms with Crippen molar-refractivity contribution < 1.29 is 18.8 Å². The molecule has 0 aliphatic heterocycles. The fraction of sp³-hybridized carbons (Fsp3) is 0.235. The first-order valence-corrected chi connectivity index (χ1v) is 8.46. The maximum absolute atomic E-state index is 12.2. The number of nitrogens with one attached hydrogen (secondary N) is 1. The molecule has 25 heavy (non-hydrogen) atoms. The minimum absolute atomic E-state index is 0.178. The Morgan fingerprint density at radius 1 is 1.28 bits per heavy atom. The third kappa shape index (κ3) is 4.16. The number of carbonyl (C=O) groups is 1. The van der Waals surface area contributed by atoms with E-state index in [9.17, 15) is 4.79 Å². The smallest absolute Gasteiger partial charge is 0.227 e. The summed E-state index contributed by atoms with van der Waals surface area (Å²) >= 11 is 1.53. The topological polar surface area (TPSA) is 86.5 Å². The Morgan fingerprint density at radius 3 is 2.88 bits per heavy atom. The molecule has 3 aromatic rings. The Labute approximate surface area is 148 Å². The number of amides is 1. The molecule has 0 fully saturated rings. The third-order valence-electron chi connectivity index (χ3n) is 3.46. The number of ether oxygens (including phenoxy) is 2. The fourth-order valence-corrected chi connectivity index (χ4v) is 2.86. The molecule has 0 saturated heterocycles. The molecule has 0 bridgehead atoms. The molecule has 1 N–H and O–H groups in total. The van der Waals surface area contributed by atoms with Gasteiger partial charge in [-0.2, -0.15) is 4.98 Å². The molecule has 130 valence electrons. The second-order valence-electron chi connectivity index (χ2n) is 5.10. The molecule has 0 saturated carbocycles. The van der Waals surface area contributed by atoms with E-state index in [0.29, 0.717) is 35.3 Å². The Balaban J connectivity index is 1.60. The van der Waals surface area contributed by atoms with Crippen molar-refractivity contribution in [2.45, 2.75) is 12.8 Å². The number of aryl methyl sites for hydroxylation is 1. The van der Waals surface area contributed by atoms with Crippen molar-refractivity contribution in [1.29, 1.82) is 0 Å². The van der Waals surface area contributed by atoms with Crippen molar-refractivity contribution in [3.8, 4) is 22.2 Å². The SMILES string of the molecule is COc1ccc(OC)c(NC(=O)CCc2nc(-c3cccs3)no2)c1. The number of methoxy groups -OCH3 is 2. The Morgan fingerprint density at radius 2 is 2.16 bits per heavy atom. The zero-order chi connectivity index (χ0) is 17.6. The van der Waals surface area contributed by atoms with Gasteiger partial charge in [0, 0.05) is 18.9 Å². The number of thiophene rings is 1. The van der Waals surface area contributed by atoms with Gasteiger partial charge in [-0.25, -0.2) is 0 Å². The summed E-state index contributed by atoms with van der Waals surface area (Å²) in [6.45, 7) is 0. The van der Waals surface area contributed by atoms with Gasteiger partial charge in [0.15, 0.2) is 0 Å². The van der Waals surface area contributed by atoms with Crippen LogP contribution in [0.3, 0.4) is 0 Å². The molecule has 0 unspecified atom stereocenters. The van der Waals surface area contributed by atoms with Gasteiger partial charge in [0.2, 0.25) is 17.6 Å². The first-order valence-electron chi connectivity index (χ1n) is 7.58. The zero-order valence-electron chi connectivity index (χ0n) is 13.8.